The summed E-state index contributed by atoms with van der Waals surface area (Å²) in [6, 6.07) is 9.67. The second kappa shape index (κ2) is 6.07. The van der Waals surface area contributed by atoms with E-state index in [-0.39, 0.29) is 0 Å². The van der Waals surface area contributed by atoms with Crippen LogP contribution in [0.2, 0.25) is 0 Å². The van der Waals surface area contributed by atoms with Crippen LogP contribution in [0, 0.1) is 22.0 Å². The predicted molar refractivity (Wildman–Crippen MR) is 57.5 cm³/mol. The Morgan fingerprint density at radius 2 is 1.86 bits per heavy atom. The van der Waals surface area contributed by atoms with Crippen LogP contribution in [0.15, 0.2) is 24.3 Å². The van der Waals surface area contributed by atoms with E-state index < -0.39 is 0 Å². The summed E-state index contributed by atoms with van der Waals surface area (Å²) >= 11 is 1.29. The average Bonchev–Trinajstić information content (AvgIpc) is 2.25. The summed E-state index contributed by atoms with van der Waals surface area (Å²) in [6.45, 7) is 0. The van der Waals surface area contributed by atoms with Crippen LogP contribution in [0.1, 0.15) is 17.5 Å². The van der Waals surface area contributed by atoms with E-state index in [9.17, 15) is 0 Å². The fourth-order valence-corrected chi connectivity index (χ4v) is 1.52. The third-order valence-electron chi connectivity index (χ3n) is 1.86. The molecule has 3 heteroatoms. The highest BCUT2D eigenvalue weighted by atomic mass is 32.2. The Balaban J connectivity index is 2.38. The van der Waals surface area contributed by atoms with Crippen molar-refractivity contribution in [1.82, 2.24) is 0 Å². The number of benzene rings is 1. The number of nitriles is 2. The Morgan fingerprint density at radius 1 is 1.14 bits per heavy atom. The van der Waals surface area contributed by atoms with Crippen LogP contribution < -0.4 is 0 Å². The van der Waals surface area contributed by atoms with Gasteiger partial charge in [-0.25, -0.2) is 0 Å². The van der Waals surface area contributed by atoms with Crippen LogP contribution in [0.25, 0.3) is 0 Å². The minimum absolute atomic E-state index is 0.695. The lowest BCUT2D eigenvalue weighted by atomic mass is 10.1. The Morgan fingerprint density at radius 3 is 2.43 bits per heavy atom. The molecule has 0 radical (unpaired) electrons. The number of hydrogen-bond acceptors (Lipinski definition) is 3. The molecular formula is C11H10N2S. The van der Waals surface area contributed by atoms with E-state index in [0.717, 1.165) is 18.6 Å². The van der Waals surface area contributed by atoms with Gasteiger partial charge >= 0.3 is 0 Å². The fraction of sp³-hybridized carbons (Fsp3) is 0.273. The number of thioether (sulfide) groups is 1. The van der Waals surface area contributed by atoms with Crippen molar-refractivity contribution in [2.24, 2.45) is 0 Å². The molecule has 0 bridgehead atoms. The molecule has 0 saturated heterocycles. The van der Waals surface area contributed by atoms with Crippen molar-refractivity contribution in [3.05, 3.63) is 35.4 Å². The normalized spacial score (nSPS) is 9.00. The summed E-state index contributed by atoms with van der Waals surface area (Å²) in [6.07, 6.45) is 1.98. The molecule has 1 rings (SSSR count). The Labute approximate surface area is 88.2 Å². The van der Waals surface area contributed by atoms with Crippen LogP contribution >= 0.6 is 11.8 Å². The first kappa shape index (κ1) is 10.6. The van der Waals surface area contributed by atoms with Crippen molar-refractivity contribution in [2.45, 2.75) is 12.8 Å². The zero-order valence-corrected chi connectivity index (χ0v) is 8.55. The van der Waals surface area contributed by atoms with Crippen LogP contribution in [0.4, 0.5) is 0 Å². The third-order valence-corrected chi connectivity index (χ3v) is 2.48. The quantitative estimate of drug-likeness (QED) is 0.557. The molecule has 0 amide bonds. The molecule has 0 fully saturated rings. The molecule has 0 aliphatic heterocycles. The number of nitrogens with zero attached hydrogens (tertiary/aromatic N) is 2. The van der Waals surface area contributed by atoms with Gasteiger partial charge in [0.05, 0.1) is 11.6 Å². The monoisotopic (exact) mass is 202 g/mol. The zero-order chi connectivity index (χ0) is 10.2. The van der Waals surface area contributed by atoms with Gasteiger partial charge in [0, 0.05) is 5.75 Å². The van der Waals surface area contributed by atoms with Gasteiger partial charge in [-0.2, -0.15) is 10.5 Å². The molecule has 70 valence electrons. The molecule has 0 spiro atoms. The number of rotatable bonds is 4. The maximum atomic E-state index is 8.59. The first-order valence-electron chi connectivity index (χ1n) is 4.36. The standard InChI is InChI=1S/C11H10N2S/c12-8-11-5-3-10(4-6-11)2-1-7-14-9-13/h3-6H,1-2,7H2. The van der Waals surface area contributed by atoms with Gasteiger partial charge in [-0.3, -0.25) is 0 Å². The largest absolute Gasteiger partial charge is 0.192 e. The van der Waals surface area contributed by atoms with Crippen molar-refractivity contribution in [2.75, 3.05) is 5.75 Å². The van der Waals surface area contributed by atoms with Gasteiger partial charge < -0.3 is 0 Å². The first-order chi connectivity index (χ1) is 6.86. The molecule has 1 aromatic carbocycles. The van der Waals surface area contributed by atoms with E-state index in [0.29, 0.717) is 5.56 Å². The van der Waals surface area contributed by atoms with Crippen LogP contribution in [-0.4, -0.2) is 5.75 Å². The van der Waals surface area contributed by atoms with Crippen molar-refractivity contribution in [3.8, 4) is 11.5 Å². The smallest absolute Gasteiger partial charge is 0.133 e. The maximum absolute atomic E-state index is 8.59. The van der Waals surface area contributed by atoms with E-state index in [1.165, 1.54) is 17.3 Å². The van der Waals surface area contributed by atoms with Gasteiger partial charge in [-0.05, 0) is 42.3 Å². The summed E-state index contributed by atoms with van der Waals surface area (Å²) in [4.78, 5) is 0. The predicted octanol–water partition coefficient (Wildman–Crippen LogP) is 2.71. The molecule has 0 unspecified atom stereocenters. The molecule has 0 atom stereocenters. The second-order valence-electron chi connectivity index (χ2n) is 2.85. The molecule has 2 nitrogen and oxygen atoms in total. The lowest BCUT2D eigenvalue weighted by molar-refractivity contribution is 0.935. The lowest BCUT2D eigenvalue weighted by Gasteiger charge is -1.98. The molecule has 0 aliphatic rings. The zero-order valence-electron chi connectivity index (χ0n) is 7.73. The molecule has 14 heavy (non-hydrogen) atoms. The third kappa shape index (κ3) is 3.51. The van der Waals surface area contributed by atoms with E-state index >= 15 is 0 Å². The molecule has 0 heterocycles. The maximum Gasteiger partial charge on any atom is 0.133 e. The molecule has 1 aromatic rings. The summed E-state index contributed by atoms with van der Waals surface area (Å²) in [7, 11) is 0. The highest BCUT2D eigenvalue weighted by Crippen LogP contribution is 2.08. The van der Waals surface area contributed by atoms with Crippen molar-refractivity contribution in [1.29, 1.82) is 10.5 Å². The molecule has 0 aromatic heterocycles. The van der Waals surface area contributed by atoms with Gasteiger partial charge in [-0.15, -0.1) is 0 Å². The summed E-state index contributed by atoms with van der Waals surface area (Å²) in [5, 5.41) is 18.9. The second-order valence-corrected chi connectivity index (χ2v) is 3.73. The first-order valence-corrected chi connectivity index (χ1v) is 5.35. The van der Waals surface area contributed by atoms with E-state index in [4.69, 9.17) is 10.5 Å². The van der Waals surface area contributed by atoms with Gasteiger partial charge in [0.1, 0.15) is 5.40 Å². The molecule has 0 N–H and O–H groups in total. The van der Waals surface area contributed by atoms with Crippen molar-refractivity contribution in [3.63, 3.8) is 0 Å². The number of thiocyanates is 1. The van der Waals surface area contributed by atoms with Crippen LogP contribution in [0.3, 0.4) is 0 Å². The van der Waals surface area contributed by atoms with Crippen molar-refractivity contribution >= 4 is 11.8 Å². The minimum atomic E-state index is 0.695. The fourth-order valence-electron chi connectivity index (χ4n) is 1.14. The lowest BCUT2D eigenvalue weighted by Crippen LogP contribution is -1.87. The summed E-state index contributed by atoms with van der Waals surface area (Å²) in [5.74, 6) is 0.872. The number of hydrogen-bond donors (Lipinski definition) is 0. The topological polar surface area (TPSA) is 47.6 Å². The Kier molecular flexibility index (Phi) is 4.61. The minimum Gasteiger partial charge on any atom is -0.192 e. The van der Waals surface area contributed by atoms with Crippen LogP contribution in [0.5, 0.6) is 0 Å². The highest BCUT2D eigenvalue weighted by molar-refractivity contribution is 8.03. The summed E-state index contributed by atoms with van der Waals surface area (Å²) < 4.78 is 0. The van der Waals surface area contributed by atoms with Gasteiger partial charge in [0.15, 0.2) is 0 Å². The molecule has 0 aliphatic carbocycles. The van der Waals surface area contributed by atoms with Gasteiger partial charge in [-0.1, -0.05) is 12.1 Å². The molecule has 0 saturated carbocycles. The van der Waals surface area contributed by atoms with Gasteiger partial charge in [0.2, 0.25) is 0 Å². The average molecular weight is 202 g/mol. The van der Waals surface area contributed by atoms with Gasteiger partial charge in [0.25, 0.3) is 0 Å². The Bertz CT molecular complexity index is 356. The van der Waals surface area contributed by atoms with E-state index in [1.807, 2.05) is 29.7 Å². The SMILES string of the molecule is N#CSCCCc1ccc(C#N)cc1. The molecular weight excluding hydrogens is 192 g/mol. The van der Waals surface area contributed by atoms with E-state index in [1.54, 1.807) is 0 Å². The Hall–Kier alpha value is -1.45. The summed E-state index contributed by atoms with van der Waals surface area (Å²) in [5.41, 5.74) is 1.92. The number of aryl methyl sites for hydroxylation is 1. The van der Waals surface area contributed by atoms with E-state index in [2.05, 4.69) is 6.07 Å². The van der Waals surface area contributed by atoms with Crippen molar-refractivity contribution < 1.29 is 0 Å². The van der Waals surface area contributed by atoms with Crippen LogP contribution in [-0.2, 0) is 6.42 Å². The highest BCUT2D eigenvalue weighted by Gasteiger charge is 1.94.